The fraction of sp³-hybridized carbons (Fsp3) is 0.600. The van der Waals surface area contributed by atoms with Crippen LogP contribution in [0.15, 0.2) is 0 Å². The number of carbonyl (C=O) groups is 1. The zero-order valence-corrected chi connectivity index (χ0v) is 8.43. The van der Waals surface area contributed by atoms with Crippen LogP contribution in [-0.2, 0) is 4.79 Å². The monoisotopic (exact) mass is 243 g/mol. The Morgan fingerprint density at radius 3 is 2.55 bits per heavy atom. The summed E-state index contributed by atoms with van der Waals surface area (Å²) >= 11 is 3.82. The number of carboxylic acid groups (broad SMARTS) is 1. The number of rotatable bonds is 4. The molecule has 0 rings (SSSR count). The van der Waals surface area contributed by atoms with E-state index in [9.17, 15) is 4.79 Å². The van der Waals surface area contributed by atoms with Crippen molar-refractivity contribution >= 4 is 37.7 Å². The van der Waals surface area contributed by atoms with Crippen LogP contribution in [0.25, 0.3) is 0 Å². The molecule has 0 saturated carbocycles. The summed E-state index contributed by atoms with van der Waals surface area (Å²) in [4.78, 5) is 10.3. The Morgan fingerprint density at radius 1 is 1.82 bits per heavy atom. The van der Waals surface area contributed by atoms with Gasteiger partial charge in [-0.1, -0.05) is 0 Å². The molecule has 0 aliphatic carbocycles. The SMILES string of the molecule is CSCC(=[Se])C(N)(O)C(=O)O. The van der Waals surface area contributed by atoms with Crippen molar-refractivity contribution in [3.63, 3.8) is 0 Å². The summed E-state index contributed by atoms with van der Waals surface area (Å²) in [6.45, 7) is 0. The summed E-state index contributed by atoms with van der Waals surface area (Å²) in [5.41, 5.74) is 2.83. The molecule has 0 aromatic heterocycles. The molecule has 0 spiro atoms. The molecule has 0 fully saturated rings. The summed E-state index contributed by atoms with van der Waals surface area (Å²) in [6, 6.07) is 0. The van der Waals surface area contributed by atoms with Crippen molar-refractivity contribution in [3.05, 3.63) is 0 Å². The van der Waals surface area contributed by atoms with Crippen molar-refractivity contribution in [2.24, 2.45) is 5.73 Å². The quantitative estimate of drug-likeness (QED) is 0.409. The van der Waals surface area contributed by atoms with E-state index in [1.165, 1.54) is 11.8 Å². The summed E-state index contributed by atoms with van der Waals surface area (Å²) in [5, 5.41) is 17.5. The van der Waals surface area contributed by atoms with Crippen LogP contribution in [0.4, 0.5) is 0 Å². The van der Waals surface area contributed by atoms with Gasteiger partial charge in [0.15, 0.2) is 0 Å². The van der Waals surface area contributed by atoms with Crippen molar-refractivity contribution < 1.29 is 15.0 Å². The molecular weight excluding hydrogens is 233 g/mol. The van der Waals surface area contributed by atoms with Gasteiger partial charge in [0.25, 0.3) is 0 Å². The first-order valence-corrected chi connectivity index (χ1v) is 4.94. The van der Waals surface area contributed by atoms with Gasteiger partial charge >= 0.3 is 76.2 Å². The molecule has 0 radical (unpaired) electrons. The first-order chi connectivity index (χ1) is 4.92. The van der Waals surface area contributed by atoms with Crippen LogP contribution in [-0.4, -0.2) is 53.9 Å². The molecule has 6 heteroatoms. The van der Waals surface area contributed by atoms with Gasteiger partial charge in [-0.3, -0.25) is 0 Å². The second-order valence-electron chi connectivity index (χ2n) is 1.93. The topological polar surface area (TPSA) is 83.5 Å². The number of aliphatic carboxylic acids is 1. The molecule has 0 aliphatic heterocycles. The summed E-state index contributed by atoms with van der Waals surface area (Å²) in [7, 11) is 0. The van der Waals surface area contributed by atoms with Gasteiger partial charge in [-0.25, -0.2) is 0 Å². The van der Waals surface area contributed by atoms with Gasteiger partial charge in [-0.15, -0.1) is 0 Å². The standard InChI is InChI=1S/C5H9NO3SSe/c1-10-2-3(11)5(6,9)4(7)8/h9H,2,6H2,1H3,(H,7,8). The molecule has 0 amide bonds. The zero-order chi connectivity index (χ0) is 9.07. The number of hydrogen-bond acceptors (Lipinski definition) is 4. The van der Waals surface area contributed by atoms with E-state index in [4.69, 9.17) is 15.9 Å². The molecule has 0 aromatic carbocycles. The molecule has 64 valence electrons. The van der Waals surface area contributed by atoms with Gasteiger partial charge in [0.2, 0.25) is 0 Å². The van der Waals surface area contributed by atoms with Crippen molar-refractivity contribution in [1.82, 2.24) is 0 Å². The van der Waals surface area contributed by atoms with Gasteiger partial charge in [0, 0.05) is 0 Å². The number of nitrogens with two attached hydrogens (primary N) is 1. The van der Waals surface area contributed by atoms with E-state index >= 15 is 0 Å². The Labute approximate surface area is 76.5 Å². The predicted molar refractivity (Wildman–Crippen MR) is 45.9 cm³/mol. The second-order valence-corrected chi connectivity index (χ2v) is 3.83. The fourth-order valence-corrected chi connectivity index (χ4v) is 1.77. The third kappa shape index (κ3) is 2.92. The van der Waals surface area contributed by atoms with Gasteiger partial charge < -0.3 is 0 Å². The summed E-state index contributed by atoms with van der Waals surface area (Å²) in [6.07, 6.45) is 1.79. The van der Waals surface area contributed by atoms with Crippen molar-refractivity contribution in [1.29, 1.82) is 0 Å². The molecule has 11 heavy (non-hydrogen) atoms. The normalized spacial score (nSPS) is 15.5. The van der Waals surface area contributed by atoms with Crippen LogP contribution in [0.1, 0.15) is 0 Å². The van der Waals surface area contributed by atoms with Crippen LogP contribution in [0, 0.1) is 0 Å². The molecule has 1 atom stereocenters. The Hall–Kier alpha value is 0.129. The summed E-state index contributed by atoms with van der Waals surface area (Å²) < 4.78 is 0.220. The Balaban J connectivity index is 4.30. The Bertz CT molecular complexity index is 183. The van der Waals surface area contributed by atoms with Crippen LogP contribution in [0.2, 0.25) is 0 Å². The Morgan fingerprint density at radius 2 is 2.27 bits per heavy atom. The van der Waals surface area contributed by atoms with E-state index in [0.29, 0.717) is 5.75 Å². The van der Waals surface area contributed by atoms with Crippen LogP contribution in [0.3, 0.4) is 0 Å². The molecule has 4 nitrogen and oxygen atoms in total. The number of thioether (sulfide) groups is 1. The first-order valence-electron chi connectivity index (χ1n) is 2.69. The minimum absolute atomic E-state index is 0.220. The van der Waals surface area contributed by atoms with E-state index in [-0.39, 0.29) is 4.42 Å². The molecule has 0 bridgehead atoms. The third-order valence-corrected chi connectivity index (χ3v) is 2.97. The number of hydrogen-bond donors (Lipinski definition) is 3. The third-order valence-electron chi connectivity index (χ3n) is 1.03. The maximum absolute atomic E-state index is 10.3. The molecule has 4 N–H and O–H groups in total. The fourth-order valence-electron chi connectivity index (χ4n) is 0.360. The van der Waals surface area contributed by atoms with Crippen LogP contribution >= 0.6 is 11.8 Å². The average Bonchev–Trinajstić information content (AvgIpc) is 1.88. The molecule has 0 aromatic rings. The van der Waals surface area contributed by atoms with Gasteiger partial charge in [0.05, 0.1) is 0 Å². The average molecular weight is 242 g/mol. The van der Waals surface area contributed by atoms with Crippen molar-refractivity contribution in [2.75, 3.05) is 12.0 Å². The van der Waals surface area contributed by atoms with Gasteiger partial charge in [-0.2, -0.15) is 0 Å². The predicted octanol–water partition coefficient (Wildman–Crippen LogP) is -1.58. The van der Waals surface area contributed by atoms with Crippen molar-refractivity contribution in [3.8, 4) is 0 Å². The first kappa shape index (κ1) is 11.1. The van der Waals surface area contributed by atoms with Crippen LogP contribution in [0.5, 0.6) is 0 Å². The molecule has 1 unspecified atom stereocenters. The van der Waals surface area contributed by atoms with E-state index in [0.717, 1.165) is 0 Å². The molecule has 0 aliphatic rings. The summed E-state index contributed by atoms with van der Waals surface area (Å²) in [5.74, 6) is -1.06. The van der Waals surface area contributed by atoms with E-state index < -0.39 is 11.7 Å². The maximum atomic E-state index is 10.3. The van der Waals surface area contributed by atoms with E-state index in [2.05, 4.69) is 15.6 Å². The molecular formula is C5H9NO3SSe. The zero-order valence-electron chi connectivity index (χ0n) is 5.90. The number of carboxylic acids is 1. The second kappa shape index (κ2) is 4.23. The molecule has 0 heterocycles. The minimum atomic E-state index is -2.23. The Kier molecular flexibility index (Phi) is 4.28. The van der Waals surface area contributed by atoms with E-state index in [1.54, 1.807) is 6.26 Å². The number of aliphatic hydroxyl groups is 1. The molecule has 0 saturated heterocycles. The van der Waals surface area contributed by atoms with Crippen LogP contribution < -0.4 is 5.73 Å². The van der Waals surface area contributed by atoms with Crippen molar-refractivity contribution in [2.45, 2.75) is 5.72 Å². The van der Waals surface area contributed by atoms with Gasteiger partial charge in [0.1, 0.15) is 0 Å². The van der Waals surface area contributed by atoms with E-state index in [1.807, 2.05) is 0 Å². The van der Waals surface area contributed by atoms with Gasteiger partial charge in [-0.05, 0) is 0 Å².